The van der Waals surface area contributed by atoms with Crippen molar-refractivity contribution in [3.63, 3.8) is 0 Å². The minimum absolute atomic E-state index is 0.0402. The number of anilines is 2. The van der Waals surface area contributed by atoms with Gasteiger partial charge in [0, 0.05) is 51.0 Å². The lowest BCUT2D eigenvalue weighted by atomic mass is 10.2. The molecule has 0 spiro atoms. The summed E-state index contributed by atoms with van der Waals surface area (Å²) in [4.78, 5) is 33.0. The summed E-state index contributed by atoms with van der Waals surface area (Å²) in [5.74, 6) is 2.40. The molecule has 4 rings (SSSR count). The lowest BCUT2D eigenvalue weighted by Crippen LogP contribution is -2.49. The summed E-state index contributed by atoms with van der Waals surface area (Å²) in [6, 6.07) is 22.1. The van der Waals surface area contributed by atoms with Crippen LogP contribution in [0.25, 0.3) is 0 Å². The SMILES string of the molecule is O=C(NCCC(=O)N1CCN(c2ccccn2)CC1)Nc1ccc(Oc2ccccc2)cc1. The van der Waals surface area contributed by atoms with Gasteiger partial charge in [-0.25, -0.2) is 9.78 Å². The summed E-state index contributed by atoms with van der Waals surface area (Å²) in [7, 11) is 0. The summed E-state index contributed by atoms with van der Waals surface area (Å²) in [6.07, 6.45) is 2.04. The van der Waals surface area contributed by atoms with E-state index in [9.17, 15) is 9.59 Å². The van der Waals surface area contributed by atoms with Gasteiger partial charge in [-0.1, -0.05) is 24.3 Å². The van der Waals surface area contributed by atoms with Crippen LogP contribution in [-0.2, 0) is 4.79 Å². The van der Waals surface area contributed by atoms with Crippen molar-refractivity contribution in [2.24, 2.45) is 0 Å². The predicted molar refractivity (Wildman–Crippen MR) is 128 cm³/mol. The number of nitrogens with one attached hydrogen (secondary N) is 2. The Balaban J connectivity index is 1.15. The van der Waals surface area contributed by atoms with Crippen LogP contribution in [0.5, 0.6) is 11.5 Å². The zero-order valence-corrected chi connectivity index (χ0v) is 18.3. The number of ether oxygens (including phenoxy) is 1. The van der Waals surface area contributed by atoms with Gasteiger partial charge in [-0.15, -0.1) is 0 Å². The number of hydrogen-bond donors (Lipinski definition) is 2. The number of amides is 3. The number of para-hydroxylation sites is 1. The van der Waals surface area contributed by atoms with E-state index in [1.807, 2.05) is 53.4 Å². The summed E-state index contributed by atoms with van der Waals surface area (Å²) in [5, 5.41) is 5.51. The van der Waals surface area contributed by atoms with Gasteiger partial charge in [0.25, 0.3) is 0 Å². The van der Waals surface area contributed by atoms with E-state index in [2.05, 4.69) is 20.5 Å². The maximum Gasteiger partial charge on any atom is 0.319 e. The van der Waals surface area contributed by atoms with E-state index >= 15 is 0 Å². The standard InChI is InChI=1S/C25H27N5O3/c31-24(30-18-16-29(17-19-30)23-8-4-5-14-26-23)13-15-27-25(32)28-20-9-11-22(12-10-20)33-21-6-2-1-3-7-21/h1-12,14H,13,15-19H2,(H2,27,28,32). The molecule has 8 nitrogen and oxygen atoms in total. The molecule has 2 N–H and O–H groups in total. The van der Waals surface area contributed by atoms with Crippen LogP contribution in [-0.4, -0.2) is 54.5 Å². The molecule has 3 aromatic rings. The number of urea groups is 1. The van der Waals surface area contributed by atoms with Crippen LogP contribution < -0.4 is 20.3 Å². The van der Waals surface area contributed by atoms with Crippen molar-refractivity contribution in [2.75, 3.05) is 42.9 Å². The van der Waals surface area contributed by atoms with E-state index in [-0.39, 0.29) is 24.9 Å². The maximum atomic E-state index is 12.5. The third-order valence-electron chi connectivity index (χ3n) is 5.32. The maximum absolute atomic E-state index is 12.5. The smallest absolute Gasteiger partial charge is 0.319 e. The molecule has 0 unspecified atom stereocenters. The first-order valence-electron chi connectivity index (χ1n) is 11.0. The molecule has 170 valence electrons. The van der Waals surface area contributed by atoms with Gasteiger partial charge in [-0.2, -0.15) is 0 Å². The van der Waals surface area contributed by atoms with Crippen molar-refractivity contribution in [3.05, 3.63) is 79.0 Å². The van der Waals surface area contributed by atoms with E-state index in [0.29, 0.717) is 24.5 Å². The van der Waals surface area contributed by atoms with Gasteiger partial charge in [-0.3, -0.25) is 4.79 Å². The Hall–Kier alpha value is -4.07. The molecule has 0 bridgehead atoms. The molecule has 2 aromatic carbocycles. The molecule has 33 heavy (non-hydrogen) atoms. The number of pyridine rings is 1. The number of piperazine rings is 1. The quantitative estimate of drug-likeness (QED) is 0.579. The van der Waals surface area contributed by atoms with Crippen LogP contribution >= 0.6 is 0 Å². The summed E-state index contributed by atoms with van der Waals surface area (Å²) in [6.45, 7) is 3.08. The highest BCUT2D eigenvalue weighted by atomic mass is 16.5. The van der Waals surface area contributed by atoms with Crippen molar-refractivity contribution in [2.45, 2.75) is 6.42 Å². The molecule has 8 heteroatoms. The van der Waals surface area contributed by atoms with Crippen molar-refractivity contribution >= 4 is 23.4 Å². The summed E-state index contributed by atoms with van der Waals surface area (Å²) >= 11 is 0. The average molecular weight is 446 g/mol. The first-order chi connectivity index (χ1) is 16.2. The van der Waals surface area contributed by atoms with Crippen LogP contribution in [0.4, 0.5) is 16.3 Å². The Morgan fingerprint density at radius 3 is 2.24 bits per heavy atom. The molecule has 1 aliphatic heterocycles. The van der Waals surface area contributed by atoms with Crippen molar-refractivity contribution < 1.29 is 14.3 Å². The summed E-state index contributed by atoms with van der Waals surface area (Å²) in [5.41, 5.74) is 0.643. The Labute approximate surface area is 193 Å². The number of aromatic nitrogens is 1. The largest absolute Gasteiger partial charge is 0.457 e. The second kappa shape index (κ2) is 11.0. The van der Waals surface area contributed by atoms with Crippen molar-refractivity contribution in [1.29, 1.82) is 0 Å². The number of hydrogen-bond acceptors (Lipinski definition) is 5. The van der Waals surface area contributed by atoms with Gasteiger partial charge in [0.15, 0.2) is 0 Å². The Kier molecular flexibility index (Phi) is 7.37. The fraction of sp³-hybridized carbons (Fsp3) is 0.240. The molecular formula is C25H27N5O3. The van der Waals surface area contributed by atoms with Crippen LogP contribution in [0, 0.1) is 0 Å². The number of carbonyl (C=O) groups excluding carboxylic acids is 2. The normalized spacial score (nSPS) is 13.3. The molecular weight excluding hydrogens is 418 g/mol. The second-order valence-electron chi connectivity index (χ2n) is 7.63. The van der Waals surface area contributed by atoms with Gasteiger partial charge < -0.3 is 25.2 Å². The fourth-order valence-corrected chi connectivity index (χ4v) is 3.57. The number of nitrogens with zero attached hydrogens (tertiary/aromatic N) is 3. The predicted octanol–water partition coefficient (Wildman–Crippen LogP) is 3.73. The molecule has 2 heterocycles. The molecule has 1 aromatic heterocycles. The van der Waals surface area contributed by atoms with E-state index in [1.54, 1.807) is 30.5 Å². The Morgan fingerprint density at radius 2 is 1.55 bits per heavy atom. The molecule has 0 aliphatic carbocycles. The Morgan fingerprint density at radius 1 is 0.848 bits per heavy atom. The highest BCUT2D eigenvalue weighted by Crippen LogP contribution is 2.22. The highest BCUT2D eigenvalue weighted by molar-refractivity contribution is 5.89. The first-order valence-corrected chi connectivity index (χ1v) is 11.0. The van der Waals surface area contributed by atoms with Crippen LogP contribution in [0.1, 0.15) is 6.42 Å². The first kappa shape index (κ1) is 22.1. The fourth-order valence-electron chi connectivity index (χ4n) is 3.57. The molecule has 0 radical (unpaired) electrons. The van der Waals surface area contributed by atoms with Crippen molar-refractivity contribution in [1.82, 2.24) is 15.2 Å². The lowest BCUT2D eigenvalue weighted by Gasteiger charge is -2.35. The number of rotatable bonds is 7. The van der Waals surface area contributed by atoms with Crippen LogP contribution in [0.15, 0.2) is 79.0 Å². The molecule has 0 atom stereocenters. The molecule has 1 aliphatic rings. The minimum Gasteiger partial charge on any atom is -0.457 e. The van der Waals surface area contributed by atoms with Crippen LogP contribution in [0.2, 0.25) is 0 Å². The lowest BCUT2D eigenvalue weighted by molar-refractivity contribution is -0.131. The zero-order valence-electron chi connectivity index (χ0n) is 18.3. The van der Waals surface area contributed by atoms with E-state index in [0.717, 1.165) is 24.7 Å². The Bertz CT molecular complexity index is 1040. The van der Waals surface area contributed by atoms with E-state index in [4.69, 9.17) is 4.74 Å². The number of benzene rings is 2. The van der Waals surface area contributed by atoms with Gasteiger partial charge in [0.05, 0.1) is 0 Å². The minimum atomic E-state index is -0.348. The second-order valence-corrected chi connectivity index (χ2v) is 7.63. The highest BCUT2D eigenvalue weighted by Gasteiger charge is 2.21. The van der Waals surface area contributed by atoms with Crippen molar-refractivity contribution in [3.8, 4) is 11.5 Å². The van der Waals surface area contributed by atoms with Gasteiger partial charge >= 0.3 is 6.03 Å². The third kappa shape index (κ3) is 6.46. The average Bonchev–Trinajstić information content (AvgIpc) is 2.86. The monoisotopic (exact) mass is 445 g/mol. The van der Waals surface area contributed by atoms with Crippen LogP contribution in [0.3, 0.4) is 0 Å². The topological polar surface area (TPSA) is 86.8 Å². The molecule has 3 amide bonds. The van der Waals surface area contributed by atoms with E-state index < -0.39 is 0 Å². The van der Waals surface area contributed by atoms with E-state index in [1.165, 1.54) is 0 Å². The zero-order chi connectivity index (χ0) is 22.9. The van der Waals surface area contributed by atoms with Gasteiger partial charge in [-0.05, 0) is 48.5 Å². The van der Waals surface area contributed by atoms with Gasteiger partial charge in [0.1, 0.15) is 17.3 Å². The van der Waals surface area contributed by atoms with Gasteiger partial charge in [0.2, 0.25) is 5.91 Å². The third-order valence-corrected chi connectivity index (χ3v) is 5.32. The molecule has 1 fully saturated rings. The molecule has 1 saturated heterocycles. The number of carbonyl (C=O) groups is 2. The summed E-state index contributed by atoms with van der Waals surface area (Å²) < 4.78 is 5.74. The molecule has 0 saturated carbocycles.